The van der Waals surface area contributed by atoms with E-state index in [0.717, 1.165) is 50.7 Å². The van der Waals surface area contributed by atoms with E-state index in [0.29, 0.717) is 0 Å². The number of hydrogen-bond donors (Lipinski definition) is 2. The highest BCUT2D eigenvalue weighted by molar-refractivity contribution is 7.09. The molecule has 0 saturated heterocycles. The van der Waals surface area contributed by atoms with Crippen LogP contribution in [0.1, 0.15) is 24.5 Å². The quantitative estimate of drug-likeness (QED) is 0.580. The van der Waals surface area contributed by atoms with Crippen LogP contribution in [0.5, 0.6) is 0 Å². The van der Waals surface area contributed by atoms with Crippen LogP contribution in [0, 0.1) is 0 Å². The van der Waals surface area contributed by atoms with Crippen LogP contribution in [0.3, 0.4) is 0 Å². The van der Waals surface area contributed by atoms with Gasteiger partial charge in [0, 0.05) is 50.4 Å². The Morgan fingerprint density at radius 2 is 2.09 bits per heavy atom. The molecule has 0 aromatic carbocycles. The number of nitrogens with zero attached hydrogens (tertiary/aromatic N) is 3. The first-order chi connectivity index (χ1) is 10.8. The number of hydrogen-bond acceptors (Lipinski definition) is 3. The average molecular weight is 319 g/mol. The van der Waals surface area contributed by atoms with Crippen LogP contribution in [-0.2, 0) is 19.4 Å². The summed E-state index contributed by atoms with van der Waals surface area (Å²) in [6, 6.07) is 4.08. The van der Waals surface area contributed by atoms with Crippen molar-refractivity contribution in [1.29, 1.82) is 0 Å². The summed E-state index contributed by atoms with van der Waals surface area (Å²) in [5.74, 6) is 0.876. The summed E-state index contributed by atoms with van der Waals surface area (Å²) in [6.45, 7) is 7.63. The molecule has 2 heterocycles. The first-order valence-corrected chi connectivity index (χ1v) is 8.76. The van der Waals surface area contributed by atoms with Crippen molar-refractivity contribution in [2.75, 3.05) is 19.6 Å². The second-order valence-electron chi connectivity index (χ2n) is 4.94. The fourth-order valence-corrected chi connectivity index (χ4v) is 2.85. The standard InChI is InChI=1S/C16H25N5S/c1-3-15-20-14(13-22-15)7-8-18-16(17-4-2)19-9-12-21-10-5-6-11-21/h5-6,10-11,13H,3-4,7-9,12H2,1-2H3,(H2,17,18,19). The minimum Gasteiger partial charge on any atom is -0.357 e. The van der Waals surface area contributed by atoms with Crippen LogP contribution in [0.25, 0.3) is 0 Å². The maximum Gasteiger partial charge on any atom is 0.191 e. The minimum absolute atomic E-state index is 0.756. The van der Waals surface area contributed by atoms with Crippen molar-refractivity contribution < 1.29 is 0 Å². The topological polar surface area (TPSA) is 54.2 Å². The molecular formula is C16H25N5S. The third-order valence-electron chi connectivity index (χ3n) is 3.21. The molecule has 2 N–H and O–H groups in total. The van der Waals surface area contributed by atoms with E-state index in [1.807, 2.05) is 12.1 Å². The van der Waals surface area contributed by atoms with Crippen LogP contribution in [0.2, 0.25) is 0 Å². The molecule has 2 rings (SSSR count). The molecule has 0 aliphatic rings. The van der Waals surface area contributed by atoms with Crippen molar-refractivity contribution in [3.63, 3.8) is 0 Å². The van der Waals surface area contributed by atoms with Gasteiger partial charge in [-0.05, 0) is 25.5 Å². The molecule has 0 bridgehead atoms. The molecule has 2 aromatic heterocycles. The number of aryl methyl sites for hydroxylation is 1. The lowest BCUT2D eigenvalue weighted by molar-refractivity contribution is 0.665. The number of thiazole rings is 1. The number of guanidine groups is 1. The monoisotopic (exact) mass is 319 g/mol. The van der Waals surface area contributed by atoms with E-state index in [2.05, 4.69) is 56.8 Å². The van der Waals surface area contributed by atoms with Crippen molar-refractivity contribution >= 4 is 17.3 Å². The highest BCUT2D eigenvalue weighted by atomic mass is 32.1. The van der Waals surface area contributed by atoms with Gasteiger partial charge in [-0.15, -0.1) is 11.3 Å². The number of aliphatic imine (C=N–C) groups is 1. The van der Waals surface area contributed by atoms with Crippen LogP contribution >= 0.6 is 11.3 Å². The van der Waals surface area contributed by atoms with Gasteiger partial charge in [-0.1, -0.05) is 6.92 Å². The summed E-state index contributed by atoms with van der Waals surface area (Å²) in [4.78, 5) is 9.19. The molecule has 0 unspecified atom stereocenters. The Morgan fingerprint density at radius 1 is 1.27 bits per heavy atom. The summed E-state index contributed by atoms with van der Waals surface area (Å²) >= 11 is 1.74. The summed E-state index contributed by atoms with van der Waals surface area (Å²) in [7, 11) is 0. The third-order valence-corrected chi connectivity index (χ3v) is 4.25. The summed E-state index contributed by atoms with van der Waals surface area (Å²) in [6.07, 6.45) is 6.04. The largest absolute Gasteiger partial charge is 0.357 e. The van der Waals surface area contributed by atoms with Gasteiger partial charge in [0.25, 0.3) is 0 Å². The SMILES string of the molecule is CCNC(=NCCc1csc(CC)n1)NCCn1cccc1. The lowest BCUT2D eigenvalue weighted by atomic mass is 10.3. The van der Waals surface area contributed by atoms with E-state index < -0.39 is 0 Å². The van der Waals surface area contributed by atoms with E-state index in [1.54, 1.807) is 11.3 Å². The normalized spacial score (nSPS) is 11.6. The number of aromatic nitrogens is 2. The Bertz CT molecular complexity index is 559. The molecule has 0 aliphatic carbocycles. The van der Waals surface area contributed by atoms with Gasteiger partial charge in [-0.25, -0.2) is 4.98 Å². The maximum absolute atomic E-state index is 4.61. The first-order valence-electron chi connectivity index (χ1n) is 7.88. The lowest BCUT2D eigenvalue weighted by Crippen LogP contribution is -2.39. The van der Waals surface area contributed by atoms with Crippen molar-refractivity contribution in [2.45, 2.75) is 33.2 Å². The molecule has 5 nitrogen and oxygen atoms in total. The molecule has 120 valence electrons. The Balaban J connectivity index is 1.76. The Labute approximate surface area is 136 Å². The molecule has 0 radical (unpaired) electrons. The molecule has 6 heteroatoms. The van der Waals surface area contributed by atoms with E-state index in [4.69, 9.17) is 0 Å². The summed E-state index contributed by atoms with van der Waals surface area (Å²) < 4.78 is 2.15. The average Bonchev–Trinajstić information content (AvgIpc) is 3.18. The van der Waals surface area contributed by atoms with Crippen LogP contribution in [-0.4, -0.2) is 35.1 Å². The molecule has 0 atom stereocenters. The van der Waals surface area contributed by atoms with Crippen molar-refractivity contribution in [3.05, 3.63) is 40.6 Å². The molecule has 2 aromatic rings. The lowest BCUT2D eigenvalue weighted by Gasteiger charge is -2.11. The smallest absolute Gasteiger partial charge is 0.191 e. The number of rotatable bonds is 8. The van der Waals surface area contributed by atoms with Gasteiger partial charge in [0.05, 0.1) is 10.7 Å². The fourth-order valence-electron chi connectivity index (χ4n) is 2.07. The molecule has 0 spiro atoms. The van der Waals surface area contributed by atoms with Crippen LogP contribution in [0.4, 0.5) is 0 Å². The van der Waals surface area contributed by atoms with Gasteiger partial charge >= 0.3 is 0 Å². The predicted molar refractivity (Wildman–Crippen MR) is 93.6 cm³/mol. The van der Waals surface area contributed by atoms with Crippen molar-refractivity contribution in [1.82, 2.24) is 20.2 Å². The van der Waals surface area contributed by atoms with E-state index in [1.165, 1.54) is 5.01 Å². The van der Waals surface area contributed by atoms with Crippen LogP contribution < -0.4 is 10.6 Å². The zero-order valence-corrected chi connectivity index (χ0v) is 14.2. The zero-order valence-electron chi connectivity index (χ0n) is 13.4. The highest BCUT2D eigenvalue weighted by Crippen LogP contribution is 2.10. The molecule has 0 aliphatic heterocycles. The predicted octanol–water partition coefficient (Wildman–Crippen LogP) is 2.30. The van der Waals surface area contributed by atoms with E-state index in [-0.39, 0.29) is 0 Å². The minimum atomic E-state index is 0.756. The fraction of sp³-hybridized carbons (Fsp3) is 0.500. The van der Waals surface area contributed by atoms with Gasteiger partial charge in [0.2, 0.25) is 0 Å². The van der Waals surface area contributed by atoms with E-state index >= 15 is 0 Å². The highest BCUT2D eigenvalue weighted by Gasteiger charge is 2.01. The van der Waals surface area contributed by atoms with Crippen molar-refractivity contribution in [3.8, 4) is 0 Å². The second kappa shape index (κ2) is 9.25. The first kappa shape index (κ1) is 16.5. The Morgan fingerprint density at radius 3 is 2.77 bits per heavy atom. The maximum atomic E-state index is 4.61. The van der Waals surface area contributed by atoms with E-state index in [9.17, 15) is 0 Å². The van der Waals surface area contributed by atoms with Gasteiger partial charge < -0.3 is 15.2 Å². The molecule has 0 amide bonds. The molecule has 0 saturated carbocycles. The third kappa shape index (κ3) is 5.52. The molecule has 0 fully saturated rings. The summed E-state index contributed by atoms with van der Waals surface area (Å²) in [5.41, 5.74) is 1.15. The van der Waals surface area contributed by atoms with Gasteiger partial charge in [-0.3, -0.25) is 4.99 Å². The number of nitrogens with one attached hydrogen (secondary N) is 2. The Kier molecular flexibility index (Phi) is 6.96. The van der Waals surface area contributed by atoms with Gasteiger partial charge in [0.1, 0.15) is 0 Å². The zero-order chi connectivity index (χ0) is 15.6. The summed E-state index contributed by atoms with van der Waals surface area (Å²) in [5, 5.41) is 9.98. The van der Waals surface area contributed by atoms with Gasteiger partial charge in [0.15, 0.2) is 5.96 Å². The molecular weight excluding hydrogens is 294 g/mol. The van der Waals surface area contributed by atoms with Gasteiger partial charge in [-0.2, -0.15) is 0 Å². The second-order valence-corrected chi connectivity index (χ2v) is 5.89. The van der Waals surface area contributed by atoms with Crippen LogP contribution in [0.15, 0.2) is 34.9 Å². The Hall–Kier alpha value is -1.82. The van der Waals surface area contributed by atoms with Crippen molar-refractivity contribution in [2.24, 2.45) is 4.99 Å². The molecule has 22 heavy (non-hydrogen) atoms.